The molecule has 0 aliphatic carbocycles. The Morgan fingerprint density at radius 2 is 1.15 bits per heavy atom. The van der Waals surface area contributed by atoms with Crippen LogP contribution < -0.4 is 26.5 Å². The first-order valence-corrected chi connectivity index (χ1v) is 14.8. The van der Waals surface area contributed by atoms with E-state index in [2.05, 4.69) is 61.6 Å². The minimum Gasteiger partial charge on any atom is -0.496 e. The largest absolute Gasteiger partial charge is 0.496 e. The van der Waals surface area contributed by atoms with Gasteiger partial charge in [-0.3, -0.25) is 9.78 Å². The predicted molar refractivity (Wildman–Crippen MR) is 178 cm³/mol. The summed E-state index contributed by atoms with van der Waals surface area (Å²) in [6.07, 6.45) is 1.22. The van der Waals surface area contributed by atoms with Crippen molar-refractivity contribution in [3.05, 3.63) is 97.2 Å². The summed E-state index contributed by atoms with van der Waals surface area (Å²) in [5.41, 5.74) is 19.5. The highest BCUT2D eigenvalue weighted by Gasteiger charge is 2.12. The highest BCUT2D eigenvalue weighted by Crippen LogP contribution is 2.25. The highest BCUT2D eigenvalue weighted by molar-refractivity contribution is 14.1. The van der Waals surface area contributed by atoms with Crippen molar-refractivity contribution in [3.63, 3.8) is 0 Å². The Bertz CT molecular complexity index is 1480. The summed E-state index contributed by atoms with van der Waals surface area (Å²) < 4.78 is 10.8. The van der Waals surface area contributed by atoms with Crippen LogP contribution in [0.25, 0.3) is 0 Å². The van der Waals surface area contributed by atoms with Crippen LogP contribution in [0.3, 0.4) is 0 Å². The Hall–Kier alpha value is -3.67. The first-order chi connectivity index (χ1) is 19.0. The molecule has 222 valence electrons. The number of benzene rings is 2. The number of aromatic amines is 1. The number of alkyl halides is 1. The fraction of sp³-hybridized carbons (Fsp3) is 0.355. The Balaban J connectivity index is 0.000000378. The number of anilines is 2. The number of hydrogen-bond acceptors (Lipinski definition) is 8. The molecule has 0 radical (unpaired) electrons. The van der Waals surface area contributed by atoms with Crippen molar-refractivity contribution >= 4 is 34.5 Å². The molecule has 2 aromatic heterocycles. The van der Waals surface area contributed by atoms with E-state index >= 15 is 0 Å². The Labute approximate surface area is 257 Å². The quantitative estimate of drug-likeness (QED) is 0.171. The van der Waals surface area contributed by atoms with E-state index in [0.29, 0.717) is 23.6 Å². The van der Waals surface area contributed by atoms with Gasteiger partial charge in [0, 0.05) is 29.8 Å². The van der Waals surface area contributed by atoms with E-state index in [1.54, 1.807) is 21.1 Å². The topological polar surface area (TPSA) is 142 Å². The second kappa shape index (κ2) is 16.6. The Morgan fingerprint density at radius 1 is 0.732 bits per heavy atom. The third-order valence-corrected chi connectivity index (χ3v) is 6.30. The minimum absolute atomic E-state index is 0. The molecule has 10 heteroatoms. The third kappa shape index (κ3) is 9.73. The number of nitrogens with two attached hydrogens (primary N) is 2. The normalized spacial score (nSPS) is 9.88. The van der Waals surface area contributed by atoms with Gasteiger partial charge in [0.2, 0.25) is 11.9 Å². The first-order valence-electron chi connectivity index (χ1n) is 12.6. The fourth-order valence-corrected chi connectivity index (χ4v) is 4.24. The van der Waals surface area contributed by atoms with Gasteiger partial charge in [-0.1, -0.05) is 54.3 Å². The molecular weight excluding hydrogens is 631 g/mol. The van der Waals surface area contributed by atoms with E-state index < -0.39 is 0 Å². The summed E-state index contributed by atoms with van der Waals surface area (Å²) in [4.78, 5) is 28.9. The van der Waals surface area contributed by atoms with Crippen molar-refractivity contribution in [3.8, 4) is 11.5 Å². The lowest BCUT2D eigenvalue weighted by Gasteiger charge is -2.12. The SMILES string of the molecule is C.CI.COc1cc(C)ccc1Cc1c(C)nc(N)[nH]c1=O.COc1cc(C)ccc1Cc1c(C)nc(N)nc1C. The molecule has 0 aliphatic rings. The molecule has 4 rings (SSSR count). The number of rotatable bonds is 6. The van der Waals surface area contributed by atoms with Gasteiger partial charge in [0.05, 0.1) is 19.9 Å². The lowest BCUT2D eigenvalue weighted by atomic mass is 10.0. The zero-order valence-electron chi connectivity index (χ0n) is 24.5. The van der Waals surface area contributed by atoms with Gasteiger partial charge in [0.25, 0.3) is 5.56 Å². The number of nitrogens with one attached hydrogen (secondary N) is 1. The maximum absolute atomic E-state index is 11.9. The third-order valence-electron chi connectivity index (χ3n) is 6.30. The maximum Gasteiger partial charge on any atom is 0.256 e. The van der Waals surface area contributed by atoms with E-state index in [-0.39, 0.29) is 18.9 Å². The van der Waals surface area contributed by atoms with Gasteiger partial charge in [-0.25, -0.2) is 15.0 Å². The highest BCUT2D eigenvalue weighted by atomic mass is 127. The van der Waals surface area contributed by atoms with Crippen molar-refractivity contribution in [2.75, 3.05) is 30.6 Å². The average molecular weight is 675 g/mol. The maximum atomic E-state index is 11.9. The number of aromatic nitrogens is 4. The van der Waals surface area contributed by atoms with Crippen molar-refractivity contribution < 1.29 is 9.47 Å². The second-order valence-electron chi connectivity index (χ2n) is 9.23. The number of hydrogen-bond donors (Lipinski definition) is 3. The summed E-state index contributed by atoms with van der Waals surface area (Å²) in [5.74, 6) is 2.14. The minimum atomic E-state index is -0.201. The number of H-pyrrole nitrogens is 1. The van der Waals surface area contributed by atoms with Crippen LogP contribution in [-0.2, 0) is 12.8 Å². The smallest absolute Gasteiger partial charge is 0.256 e. The fourth-order valence-electron chi connectivity index (χ4n) is 4.24. The number of halogens is 1. The lowest BCUT2D eigenvalue weighted by Crippen LogP contribution is -2.18. The van der Waals surface area contributed by atoms with Crippen LogP contribution in [0, 0.1) is 34.6 Å². The van der Waals surface area contributed by atoms with Crippen molar-refractivity contribution in [2.45, 2.75) is 54.9 Å². The van der Waals surface area contributed by atoms with Crippen LogP contribution in [-0.4, -0.2) is 39.1 Å². The summed E-state index contributed by atoms with van der Waals surface area (Å²) in [6, 6.07) is 12.1. The monoisotopic (exact) mass is 674 g/mol. The van der Waals surface area contributed by atoms with Crippen LogP contribution >= 0.6 is 22.6 Å². The molecule has 5 N–H and O–H groups in total. The molecule has 0 saturated heterocycles. The lowest BCUT2D eigenvalue weighted by molar-refractivity contribution is 0.410. The molecule has 0 bridgehead atoms. The second-order valence-corrected chi connectivity index (χ2v) is 9.23. The van der Waals surface area contributed by atoms with E-state index in [4.69, 9.17) is 20.9 Å². The van der Waals surface area contributed by atoms with Crippen LogP contribution in [0.4, 0.5) is 11.9 Å². The molecule has 0 saturated carbocycles. The zero-order valence-corrected chi connectivity index (χ0v) is 26.6. The number of methoxy groups -OCH3 is 2. The standard InChI is InChI=1S/C15H19N3O.C14H17N3O2.CH3I.CH4/c1-9-5-6-12(14(7-9)19-4)8-13-10(2)17-15(16)18-11(13)3;1-8-4-5-10(12(6-8)19-3)7-11-9(2)16-14(15)17-13(11)18;1-2;/h5-7H,8H2,1-4H3,(H2,16,17,18);4-6H,7H2,1-3H3,(H3,15,16,17,18);1H3;1H4. The van der Waals surface area contributed by atoms with Crippen molar-refractivity contribution in [2.24, 2.45) is 0 Å². The molecule has 0 unspecified atom stereocenters. The van der Waals surface area contributed by atoms with E-state index in [1.807, 2.05) is 50.0 Å². The van der Waals surface area contributed by atoms with Crippen LogP contribution in [0.1, 0.15) is 57.9 Å². The van der Waals surface area contributed by atoms with Gasteiger partial charge >= 0.3 is 0 Å². The molecular formula is C31H43IN6O3. The van der Waals surface area contributed by atoms with Gasteiger partial charge in [-0.2, -0.15) is 0 Å². The number of nitrogens with zero attached hydrogens (tertiary/aromatic N) is 3. The molecule has 0 fully saturated rings. The predicted octanol–water partition coefficient (Wildman–Crippen LogP) is 5.84. The molecule has 4 aromatic rings. The van der Waals surface area contributed by atoms with Crippen LogP contribution in [0.15, 0.2) is 41.2 Å². The molecule has 0 spiro atoms. The zero-order chi connectivity index (χ0) is 30.0. The number of nitrogen functional groups attached to an aromatic ring is 2. The van der Waals surface area contributed by atoms with Gasteiger partial charge in [-0.05, 0) is 79.5 Å². The molecule has 0 aliphatic heterocycles. The first kappa shape index (κ1) is 35.4. The molecule has 0 atom stereocenters. The summed E-state index contributed by atoms with van der Waals surface area (Å²) >= 11 is 2.15. The number of ether oxygens (including phenoxy) is 2. The van der Waals surface area contributed by atoms with E-state index in [0.717, 1.165) is 51.6 Å². The van der Waals surface area contributed by atoms with Gasteiger partial charge in [-0.15, -0.1) is 0 Å². The Kier molecular flexibility index (Phi) is 14.3. The Morgan fingerprint density at radius 3 is 1.56 bits per heavy atom. The van der Waals surface area contributed by atoms with E-state index in [1.165, 1.54) is 5.56 Å². The average Bonchev–Trinajstić information content (AvgIpc) is 2.91. The molecule has 2 aromatic carbocycles. The molecule has 41 heavy (non-hydrogen) atoms. The van der Waals surface area contributed by atoms with E-state index in [9.17, 15) is 4.79 Å². The molecule has 9 nitrogen and oxygen atoms in total. The van der Waals surface area contributed by atoms with Crippen molar-refractivity contribution in [1.29, 1.82) is 0 Å². The number of aryl methyl sites for hydroxylation is 5. The van der Waals surface area contributed by atoms with Crippen LogP contribution in [0.2, 0.25) is 0 Å². The van der Waals surface area contributed by atoms with Gasteiger partial charge in [0.15, 0.2) is 0 Å². The van der Waals surface area contributed by atoms with Crippen LogP contribution in [0.5, 0.6) is 11.5 Å². The summed E-state index contributed by atoms with van der Waals surface area (Å²) in [5, 5.41) is 0. The van der Waals surface area contributed by atoms with Gasteiger partial charge in [0.1, 0.15) is 11.5 Å². The summed E-state index contributed by atoms with van der Waals surface area (Å²) in [7, 11) is 3.31. The molecule has 0 amide bonds. The molecule has 2 heterocycles. The van der Waals surface area contributed by atoms with Crippen molar-refractivity contribution in [1.82, 2.24) is 19.9 Å². The summed E-state index contributed by atoms with van der Waals surface area (Å²) in [6.45, 7) is 9.74. The van der Waals surface area contributed by atoms with Gasteiger partial charge < -0.3 is 20.9 Å².